The predicted octanol–water partition coefficient (Wildman–Crippen LogP) is 3.89. The zero-order valence-electron chi connectivity index (χ0n) is 11.8. The van der Waals surface area contributed by atoms with Crippen molar-refractivity contribution in [2.45, 2.75) is 13.0 Å². The first-order valence-electron chi connectivity index (χ1n) is 6.48. The Morgan fingerprint density at radius 3 is 2.57 bits per heavy atom. The molecule has 21 heavy (non-hydrogen) atoms. The SMILES string of the molecule is CC(c1cccc(N)c1)N(C)C(=O)c1c(F)cccc1Cl. The molecule has 0 spiro atoms. The van der Waals surface area contributed by atoms with Crippen LogP contribution in [0.5, 0.6) is 0 Å². The van der Waals surface area contributed by atoms with E-state index in [0.29, 0.717) is 5.69 Å². The van der Waals surface area contributed by atoms with Crippen LogP contribution in [0.2, 0.25) is 5.02 Å². The molecule has 3 nitrogen and oxygen atoms in total. The number of hydrogen-bond acceptors (Lipinski definition) is 2. The van der Waals surface area contributed by atoms with Crippen molar-refractivity contribution in [1.29, 1.82) is 0 Å². The molecule has 2 aromatic rings. The summed E-state index contributed by atoms with van der Waals surface area (Å²) in [4.78, 5) is 13.9. The van der Waals surface area contributed by atoms with Gasteiger partial charge in [-0.25, -0.2) is 4.39 Å². The van der Waals surface area contributed by atoms with E-state index < -0.39 is 11.7 Å². The fourth-order valence-corrected chi connectivity index (χ4v) is 2.34. The molecule has 0 heterocycles. The van der Waals surface area contributed by atoms with Crippen LogP contribution in [0.15, 0.2) is 42.5 Å². The van der Waals surface area contributed by atoms with Crippen molar-refractivity contribution in [3.8, 4) is 0 Å². The largest absolute Gasteiger partial charge is 0.399 e. The van der Waals surface area contributed by atoms with E-state index >= 15 is 0 Å². The summed E-state index contributed by atoms with van der Waals surface area (Å²) in [5.41, 5.74) is 7.12. The predicted molar refractivity (Wildman–Crippen MR) is 82.8 cm³/mol. The quantitative estimate of drug-likeness (QED) is 0.874. The van der Waals surface area contributed by atoms with Crippen LogP contribution in [0, 0.1) is 5.82 Å². The molecule has 0 saturated heterocycles. The number of benzene rings is 2. The van der Waals surface area contributed by atoms with Gasteiger partial charge in [0.15, 0.2) is 0 Å². The number of nitrogens with zero attached hydrogens (tertiary/aromatic N) is 1. The van der Waals surface area contributed by atoms with E-state index in [0.717, 1.165) is 5.56 Å². The Morgan fingerprint density at radius 1 is 1.29 bits per heavy atom. The van der Waals surface area contributed by atoms with Crippen molar-refractivity contribution in [2.24, 2.45) is 0 Å². The molecule has 0 aliphatic heterocycles. The molecule has 5 heteroatoms. The molecule has 0 aliphatic rings. The summed E-state index contributed by atoms with van der Waals surface area (Å²) < 4.78 is 13.8. The zero-order chi connectivity index (χ0) is 15.6. The molecule has 110 valence electrons. The Hall–Kier alpha value is -2.07. The molecule has 0 saturated carbocycles. The summed E-state index contributed by atoms with van der Waals surface area (Å²) in [6, 6.07) is 11.2. The van der Waals surface area contributed by atoms with E-state index in [1.54, 1.807) is 19.2 Å². The minimum Gasteiger partial charge on any atom is -0.399 e. The van der Waals surface area contributed by atoms with Gasteiger partial charge in [-0.05, 0) is 36.8 Å². The van der Waals surface area contributed by atoms with Gasteiger partial charge in [-0.2, -0.15) is 0 Å². The van der Waals surface area contributed by atoms with Crippen molar-refractivity contribution >= 4 is 23.2 Å². The van der Waals surface area contributed by atoms with Gasteiger partial charge >= 0.3 is 0 Å². The number of nitrogens with two attached hydrogens (primary N) is 1. The third-order valence-electron chi connectivity index (χ3n) is 3.47. The number of halogens is 2. The van der Waals surface area contributed by atoms with E-state index in [1.165, 1.54) is 23.1 Å². The maximum Gasteiger partial charge on any atom is 0.258 e. The lowest BCUT2D eigenvalue weighted by molar-refractivity contribution is 0.0738. The molecule has 0 radical (unpaired) electrons. The van der Waals surface area contributed by atoms with Crippen molar-refractivity contribution in [1.82, 2.24) is 4.90 Å². The summed E-state index contributed by atoms with van der Waals surface area (Å²) in [6.45, 7) is 1.85. The van der Waals surface area contributed by atoms with Crippen LogP contribution in [-0.4, -0.2) is 17.9 Å². The molecule has 0 bridgehead atoms. The van der Waals surface area contributed by atoms with Gasteiger partial charge < -0.3 is 10.6 Å². The maximum atomic E-state index is 13.8. The van der Waals surface area contributed by atoms with E-state index in [-0.39, 0.29) is 16.6 Å². The number of nitrogen functional groups attached to an aromatic ring is 1. The molecule has 2 rings (SSSR count). The zero-order valence-corrected chi connectivity index (χ0v) is 12.6. The van der Waals surface area contributed by atoms with Crippen LogP contribution < -0.4 is 5.73 Å². The first-order chi connectivity index (χ1) is 9.91. The second-order valence-electron chi connectivity index (χ2n) is 4.86. The Kier molecular flexibility index (Phi) is 4.48. The first kappa shape index (κ1) is 15.3. The third kappa shape index (κ3) is 3.16. The number of carbonyl (C=O) groups is 1. The Balaban J connectivity index is 2.31. The molecule has 0 fully saturated rings. The fraction of sp³-hybridized carbons (Fsp3) is 0.188. The van der Waals surface area contributed by atoms with Gasteiger partial charge in [-0.1, -0.05) is 29.8 Å². The van der Waals surface area contributed by atoms with Gasteiger partial charge in [-0.3, -0.25) is 4.79 Å². The molecule has 1 amide bonds. The average Bonchev–Trinajstić information content (AvgIpc) is 2.45. The van der Waals surface area contributed by atoms with Crippen LogP contribution in [0.3, 0.4) is 0 Å². The summed E-state index contributed by atoms with van der Waals surface area (Å²) in [5.74, 6) is -1.09. The highest BCUT2D eigenvalue weighted by Crippen LogP contribution is 2.26. The lowest BCUT2D eigenvalue weighted by Crippen LogP contribution is -2.30. The highest BCUT2D eigenvalue weighted by molar-refractivity contribution is 6.33. The first-order valence-corrected chi connectivity index (χ1v) is 6.86. The monoisotopic (exact) mass is 306 g/mol. The van der Waals surface area contributed by atoms with Crippen molar-refractivity contribution < 1.29 is 9.18 Å². The van der Waals surface area contributed by atoms with Gasteiger partial charge in [0.2, 0.25) is 0 Å². The van der Waals surface area contributed by atoms with E-state index in [2.05, 4.69) is 0 Å². The number of hydrogen-bond donors (Lipinski definition) is 1. The molecule has 2 aromatic carbocycles. The van der Waals surface area contributed by atoms with E-state index in [1.807, 2.05) is 19.1 Å². The third-order valence-corrected chi connectivity index (χ3v) is 3.79. The molecule has 0 aromatic heterocycles. The summed E-state index contributed by atoms with van der Waals surface area (Å²) >= 11 is 5.94. The molecule has 0 aliphatic carbocycles. The number of amides is 1. The van der Waals surface area contributed by atoms with Crippen LogP contribution in [-0.2, 0) is 0 Å². The molecule has 1 atom stereocenters. The van der Waals surface area contributed by atoms with Crippen LogP contribution >= 0.6 is 11.6 Å². The van der Waals surface area contributed by atoms with Gasteiger partial charge in [0.05, 0.1) is 16.6 Å². The molecule has 2 N–H and O–H groups in total. The van der Waals surface area contributed by atoms with Gasteiger partial charge in [0, 0.05) is 12.7 Å². The number of rotatable bonds is 3. The molecular weight excluding hydrogens is 291 g/mol. The van der Waals surface area contributed by atoms with Crippen molar-refractivity contribution in [3.05, 3.63) is 64.4 Å². The second kappa shape index (κ2) is 6.14. The number of anilines is 1. The van der Waals surface area contributed by atoms with E-state index in [4.69, 9.17) is 17.3 Å². The maximum absolute atomic E-state index is 13.8. The summed E-state index contributed by atoms with van der Waals surface area (Å²) in [7, 11) is 1.61. The lowest BCUT2D eigenvalue weighted by Gasteiger charge is -2.26. The lowest BCUT2D eigenvalue weighted by atomic mass is 10.1. The van der Waals surface area contributed by atoms with Gasteiger partial charge in [0.25, 0.3) is 5.91 Å². The van der Waals surface area contributed by atoms with Gasteiger partial charge in [-0.15, -0.1) is 0 Å². The van der Waals surface area contributed by atoms with Crippen molar-refractivity contribution in [2.75, 3.05) is 12.8 Å². The minimum atomic E-state index is -0.626. The van der Waals surface area contributed by atoms with Crippen LogP contribution in [0.4, 0.5) is 10.1 Å². The highest BCUT2D eigenvalue weighted by Gasteiger charge is 2.23. The summed E-state index contributed by atoms with van der Waals surface area (Å²) in [5, 5.41) is 0.103. The van der Waals surface area contributed by atoms with Crippen molar-refractivity contribution in [3.63, 3.8) is 0 Å². The minimum absolute atomic E-state index is 0.103. The Bertz CT molecular complexity index is 655. The second-order valence-corrected chi connectivity index (χ2v) is 5.27. The Morgan fingerprint density at radius 2 is 1.95 bits per heavy atom. The fourth-order valence-electron chi connectivity index (χ4n) is 2.10. The normalized spacial score (nSPS) is 12.0. The average molecular weight is 307 g/mol. The standard InChI is InChI=1S/C16H16ClFN2O/c1-10(11-5-3-6-12(19)9-11)20(2)16(21)15-13(17)7-4-8-14(15)18/h3-10H,19H2,1-2H3. The highest BCUT2D eigenvalue weighted by atomic mass is 35.5. The number of carbonyl (C=O) groups excluding carboxylic acids is 1. The smallest absolute Gasteiger partial charge is 0.258 e. The van der Waals surface area contributed by atoms with Crippen LogP contribution in [0.25, 0.3) is 0 Å². The van der Waals surface area contributed by atoms with Crippen LogP contribution in [0.1, 0.15) is 28.9 Å². The Labute approximate surface area is 128 Å². The molecular formula is C16H16ClFN2O. The molecule has 1 unspecified atom stereocenters. The topological polar surface area (TPSA) is 46.3 Å². The van der Waals surface area contributed by atoms with E-state index in [9.17, 15) is 9.18 Å². The summed E-state index contributed by atoms with van der Waals surface area (Å²) in [6.07, 6.45) is 0. The van der Waals surface area contributed by atoms with Gasteiger partial charge in [0.1, 0.15) is 5.82 Å².